The average molecular weight is 240 g/mol. The molecule has 3 N–H and O–H groups in total. The molecule has 1 aromatic carbocycles. The van der Waals surface area contributed by atoms with Crippen molar-refractivity contribution in [2.24, 2.45) is 0 Å². The number of rotatable bonds is 3. The van der Waals surface area contributed by atoms with E-state index in [1.165, 1.54) is 0 Å². The second-order valence-corrected chi connectivity index (χ2v) is 4.05. The van der Waals surface area contributed by atoms with E-state index in [-0.39, 0.29) is 13.2 Å². The van der Waals surface area contributed by atoms with Crippen LogP contribution in [0.1, 0.15) is 5.56 Å². The second-order valence-electron chi connectivity index (χ2n) is 4.05. The van der Waals surface area contributed by atoms with Crippen molar-refractivity contribution in [1.82, 2.24) is 0 Å². The summed E-state index contributed by atoms with van der Waals surface area (Å²) >= 11 is 0. The van der Waals surface area contributed by atoms with Crippen molar-refractivity contribution in [3.05, 3.63) is 35.9 Å². The Morgan fingerprint density at radius 2 is 1.82 bits per heavy atom. The van der Waals surface area contributed by atoms with Gasteiger partial charge in [0.1, 0.15) is 18.3 Å². The number of hydrogen-bond acceptors (Lipinski definition) is 5. The van der Waals surface area contributed by atoms with Gasteiger partial charge in [0.25, 0.3) is 0 Å². The van der Waals surface area contributed by atoms with E-state index in [0.717, 1.165) is 5.56 Å². The first-order valence-corrected chi connectivity index (χ1v) is 5.50. The minimum Gasteiger partial charge on any atom is -0.388 e. The lowest BCUT2D eigenvalue weighted by molar-refractivity contribution is -0.273. The van der Waals surface area contributed by atoms with Gasteiger partial charge in [-0.25, -0.2) is 0 Å². The summed E-state index contributed by atoms with van der Waals surface area (Å²) in [4.78, 5) is 0. The van der Waals surface area contributed by atoms with Crippen molar-refractivity contribution < 1.29 is 24.8 Å². The van der Waals surface area contributed by atoms with Gasteiger partial charge in [-0.1, -0.05) is 30.3 Å². The number of benzene rings is 1. The maximum absolute atomic E-state index is 9.63. The predicted octanol–water partition coefficient (Wildman–Crippen LogP) is -0.358. The fourth-order valence-corrected chi connectivity index (χ4v) is 1.68. The number of aliphatic hydroxyl groups excluding tert-OH is 3. The Labute approximate surface area is 99.2 Å². The highest BCUT2D eigenvalue weighted by Crippen LogP contribution is 2.17. The summed E-state index contributed by atoms with van der Waals surface area (Å²) in [7, 11) is 0. The molecule has 5 nitrogen and oxygen atoms in total. The van der Waals surface area contributed by atoms with Gasteiger partial charge in [-0.15, -0.1) is 0 Å². The third-order valence-corrected chi connectivity index (χ3v) is 2.71. The molecule has 1 saturated heterocycles. The fraction of sp³-hybridized carbons (Fsp3) is 0.500. The molecular weight excluding hydrogens is 224 g/mol. The van der Waals surface area contributed by atoms with Gasteiger partial charge in [-0.2, -0.15) is 0 Å². The molecule has 4 atom stereocenters. The summed E-state index contributed by atoms with van der Waals surface area (Å²) in [6, 6.07) is 9.45. The standard InChI is InChI=1S/C12H16O5/c13-9-7-17-12(11(15)10(9)14)16-6-8-4-2-1-3-5-8/h1-5,9-15H,6-7H2/t9-,10-,11+,12?/m1/s1. The predicted molar refractivity (Wildman–Crippen MR) is 59.0 cm³/mol. The topological polar surface area (TPSA) is 79.2 Å². The SMILES string of the molecule is O[C@@H]1[C@H](O)COC(OCc2ccccc2)[C@H]1O. The van der Waals surface area contributed by atoms with E-state index in [9.17, 15) is 15.3 Å². The highest BCUT2D eigenvalue weighted by molar-refractivity contribution is 5.13. The Hall–Kier alpha value is -0.980. The molecule has 0 saturated carbocycles. The number of ether oxygens (including phenoxy) is 2. The molecule has 1 fully saturated rings. The van der Waals surface area contributed by atoms with E-state index < -0.39 is 24.6 Å². The van der Waals surface area contributed by atoms with E-state index in [1.54, 1.807) is 0 Å². The molecule has 1 heterocycles. The zero-order valence-corrected chi connectivity index (χ0v) is 9.27. The van der Waals surface area contributed by atoms with Crippen LogP contribution in [0, 0.1) is 0 Å². The second kappa shape index (κ2) is 5.57. The summed E-state index contributed by atoms with van der Waals surface area (Å²) in [5.41, 5.74) is 0.948. The van der Waals surface area contributed by atoms with Gasteiger partial charge in [-0.05, 0) is 5.56 Å². The van der Waals surface area contributed by atoms with Gasteiger partial charge in [0, 0.05) is 0 Å². The maximum Gasteiger partial charge on any atom is 0.186 e. The van der Waals surface area contributed by atoms with E-state index in [1.807, 2.05) is 30.3 Å². The number of hydrogen-bond donors (Lipinski definition) is 3. The van der Waals surface area contributed by atoms with E-state index in [4.69, 9.17) is 9.47 Å². The van der Waals surface area contributed by atoms with Gasteiger partial charge in [0.05, 0.1) is 13.2 Å². The van der Waals surface area contributed by atoms with Crippen molar-refractivity contribution >= 4 is 0 Å². The monoisotopic (exact) mass is 240 g/mol. The molecule has 1 aliphatic heterocycles. The van der Waals surface area contributed by atoms with Gasteiger partial charge >= 0.3 is 0 Å². The molecule has 1 aliphatic rings. The molecule has 2 rings (SSSR count). The van der Waals surface area contributed by atoms with E-state index in [0.29, 0.717) is 0 Å². The highest BCUT2D eigenvalue weighted by atomic mass is 16.7. The van der Waals surface area contributed by atoms with Gasteiger partial charge in [0.15, 0.2) is 6.29 Å². The third kappa shape index (κ3) is 3.02. The fourth-order valence-electron chi connectivity index (χ4n) is 1.68. The van der Waals surface area contributed by atoms with Crippen LogP contribution >= 0.6 is 0 Å². The van der Waals surface area contributed by atoms with Crippen LogP contribution in [0.3, 0.4) is 0 Å². The molecule has 0 radical (unpaired) electrons. The quantitative estimate of drug-likeness (QED) is 0.672. The minimum atomic E-state index is -1.23. The molecule has 1 unspecified atom stereocenters. The molecule has 0 aromatic heterocycles. The summed E-state index contributed by atoms with van der Waals surface area (Å²) < 4.78 is 10.5. The molecule has 0 aliphatic carbocycles. The Balaban J connectivity index is 1.87. The molecule has 0 amide bonds. The Kier molecular flexibility index (Phi) is 4.09. The highest BCUT2D eigenvalue weighted by Gasteiger charge is 2.38. The summed E-state index contributed by atoms with van der Waals surface area (Å²) in [6.07, 6.45) is -4.44. The van der Waals surface area contributed by atoms with Crippen LogP contribution in [0.4, 0.5) is 0 Å². The Bertz CT molecular complexity index is 342. The van der Waals surface area contributed by atoms with Crippen LogP contribution in [0.25, 0.3) is 0 Å². The normalized spacial score (nSPS) is 33.6. The van der Waals surface area contributed by atoms with Gasteiger partial charge < -0.3 is 24.8 Å². The summed E-state index contributed by atoms with van der Waals surface area (Å²) in [5.74, 6) is 0. The smallest absolute Gasteiger partial charge is 0.186 e. The summed E-state index contributed by atoms with van der Waals surface area (Å²) in [6.45, 7) is 0.239. The molecule has 1 aromatic rings. The van der Waals surface area contributed by atoms with Crippen molar-refractivity contribution in [2.45, 2.75) is 31.2 Å². The Morgan fingerprint density at radius 3 is 2.53 bits per heavy atom. The lowest BCUT2D eigenvalue weighted by atomic mass is 10.1. The van der Waals surface area contributed by atoms with E-state index in [2.05, 4.69) is 0 Å². The lowest BCUT2D eigenvalue weighted by Crippen LogP contribution is -2.53. The van der Waals surface area contributed by atoms with Crippen LogP contribution in [0.2, 0.25) is 0 Å². The molecule has 0 bridgehead atoms. The molecule has 94 valence electrons. The van der Waals surface area contributed by atoms with Crippen LogP contribution in [-0.2, 0) is 16.1 Å². The van der Waals surface area contributed by atoms with Crippen molar-refractivity contribution in [2.75, 3.05) is 6.61 Å². The summed E-state index contributed by atoms with van der Waals surface area (Å²) in [5, 5.41) is 28.3. The zero-order valence-electron chi connectivity index (χ0n) is 9.27. The van der Waals surface area contributed by atoms with Crippen molar-refractivity contribution in [1.29, 1.82) is 0 Å². The van der Waals surface area contributed by atoms with Gasteiger partial charge in [-0.3, -0.25) is 0 Å². The zero-order chi connectivity index (χ0) is 12.3. The van der Waals surface area contributed by atoms with Crippen LogP contribution in [-0.4, -0.2) is 46.5 Å². The minimum absolute atomic E-state index is 0.0440. The maximum atomic E-state index is 9.63. The lowest BCUT2D eigenvalue weighted by Gasteiger charge is -2.34. The molecule has 5 heteroatoms. The first kappa shape index (κ1) is 12.5. The number of aliphatic hydroxyl groups is 3. The molecule has 17 heavy (non-hydrogen) atoms. The Morgan fingerprint density at radius 1 is 1.12 bits per heavy atom. The third-order valence-electron chi connectivity index (χ3n) is 2.71. The van der Waals surface area contributed by atoms with Crippen LogP contribution in [0.5, 0.6) is 0 Å². The van der Waals surface area contributed by atoms with Crippen molar-refractivity contribution in [3.8, 4) is 0 Å². The first-order chi connectivity index (χ1) is 8.18. The first-order valence-electron chi connectivity index (χ1n) is 5.50. The molecule has 0 spiro atoms. The average Bonchev–Trinajstić information content (AvgIpc) is 2.36. The molecular formula is C12H16O5. The van der Waals surface area contributed by atoms with Crippen molar-refractivity contribution in [3.63, 3.8) is 0 Å². The van der Waals surface area contributed by atoms with Gasteiger partial charge in [0.2, 0.25) is 0 Å². The van der Waals surface area contributed by atoms with E-state index >= 15 is 0 Å². The largest absolute Gasteiger partial charge is 0.388 e. The van der Waals surface area contributed by atoms with Crippen LogP contribution < -0.4 is 0 Å². The van der Waals surface area contributed by atoms with Crippen LogP contribution in [0.15, 0.2) is 30.3 Å².